The van der Waals surface area contributed by atoms with Crippen molar-refractivity contribution in [3.8, 4) is 5.75 Å². The number of thiophene rings is 1. The molecule has 1 aliphatic carbocycles. The van der Waals surface area contributed by atoms with Gasteiger partial charge in [-0.25, -0.2) is 4.79 Å². The SMILES string of the molecule is Cc1cc(C)cc(OC[C@@H]2[C@@H](CCCc3ccc(C(=O)OCCN4CCOCC4)s3)[C@H](Cl)C[C@H]2O)c1. The number of ether oxygens (including phenoxy) is 3. The van der Waals surface area contributed by atoms with E-state index in [1.807, 2.05) is 24.3 Å². The van der Waals surface area contributed by atoms with Gasteiger partial charge < -0.3 is 19.3 Å². The predicted octanol–water partition coefficient (Wildman–Crippen LogP) is 4.86. The van der Waals surface area contributed by atoms with Crippen molar-refractivity contribution >= 4 is 28.9 Å². The van der Waals surface area contributed by atoms with Crippen LogP contribution < -0.4 is 4.74 Å². The number of carbonyl (C=O) groups excluding carboxylic acids is 1. The first kappa shape index (κ1) is 27.4. The summed E-state index contributed by atoms with van der Waals surface area (Å²) in [5.41, 5.74) is 2.33. The smallest absolute Gasteiger partial charge is 0.348 e. The van der Waals surface area contributed by atoms with E-state index in [-0.39, 0.29) is 23.2 Å². The number of aryl methyl sites for hydroxylation is 3. The van der Waals surface area contributed by atoms with E-state index in [0.717, 1.165) is 57.9 Å². The Morgan fingerprint density at radius 2 is 1.92 bits per heavy atom. The van der Waals surface area contributed by atoms with Gasteiger partial charge in [0, 0.05) is 35.8 Å². The van der Waals surface area contributed by atoms with Crippen LogP contribution in [0, 0.1) is 25.7 Å². The van der Waals surface area contributed by atoms with E-state index >= 15 is 0 Å². The number of aliphatic hydroxyl groups is 1. The molecule has 8 heteroatoms. The van der Waals surface area contributed by atoms with E-state index in [0.29, 0.717) is 24.5 Å². The van der Waals surface area contributed by atoms with Crippen LogP contribution in [0.3, 0.4) is 0 Å². The largest absolute Gasteiger partial charge is 0.493 e. The molecule has 2 aliphatic rings. The minimum absolute atomic E-state index is 0.0219. The summed E-state index contributed by atoms with van der Waals surface area (Å²) < 4.78 is 16.9. The van der Waals surface area contributed by atoms with Gasteiger partial charge in [-0.05, 0) is 80.8 Å². The highest BCUT2D eigenvalue weighted by Gasteiger charge is 2.41. The number of morpholine rings is 1. The Morgan fingerprint density at radius 1 is 1.17 bits per heavy atom. The molecule has 0 unspecified atom stereocenters. The van der Waals surface area contributed by atoms with Crippen LogP contribution in [0.25, 0.3) is 0 Å². The summed E-state index contributed by atoms with van der Waals surface area (Å²) in [4.78, 5) is 16.5. The van der Waals surface area contributed by atoms with Gasteiger partial charge in [-0.3, -0.25) is 4.90 Å². The Hall–Kier alpha value is -1.64. The van der Waals surface area contributed by atoms with E-state index in [1.165, 1.54) is 27.3 Å². The molecule has 198 valence electrons. The van der Waals surface area contributed by atoms with E-state index in [4.69, 9.17) is 25.8 Å². The average molecular weight is 536 g/mol. The third-order valence-electron chi connectivity index (χ3n) is 7.18. The Bertz CT molecular complexity index is 972. The fraction of sp³-hybridized carbons (Fsp3) is 0.607. The van der Waals surface area contributed by atoms with Crippen LogP contribution in [0.1, 0.15) is 44.9 Å². The maximum Gasteiger partial charge on any atom is 0.348 e. The van der Waals surface area contributed by atoms with Gasteiger partial charge in [0.15, 0.2) is 0 Å². The molecule has 4 rings (SSSR count). The number of halogens is 1. The monoisotopic (exact) mass is 535 g/mol. The maximum atomic E-state index is 12.4. The van der Waals surface area contributed by atoms with Crippen molar-refractivity contribution in [2.45, 2.75) is 51.0 Å². The number of hydrogen-bond acceptors (Lipinski definition) is 7. The molecular weight excluding hydrogens is 498 g/mol. The van der Waals surface area contributed by atoms with Gasteiger partial charge in [0.05, 0.1) is 25.9 Å². The topological polar surface area (TPSA) is 68.2 Å². The minimum atomic E-state index is -0.441. The summed E-state index contributed by atoms with van der Waals surface area (Å²) in [6, 6.07) is 10.1. The number of benzene rings is 1. The number of aliphatic hydroxyl groups excluding tert-OH is 1. The van der Waals surface area contributed by atoms with Gasteiger partial charge in [-0.15, -0.1) is 22.9 Å². The fourth-order valence-corrected chi connectivity index (χ4v) is 6.71. The number of carbonyl (C=O) groups is 1. The molecule has 1 aliphatic heterocycles. The molecule has 0 spiro atoms. The average Bonchev–Trinajstić information content (AvgIpc) is 3.42. The predicted molar refractivity (Wildman–Crippen MR) is 143 cm³/mol. The highest BCUT2D eigenvalue weighted by atomic mass is 35.5. The van der Waals surface area contributed by atoms with Crippen LogP contribution in [0.5, 0.6) is 5.75 Å². The molecule has 0 radical (unpaired) electrons. The van der Waals surface area contributed by atoms with Crippen molar-refractivity contribution in [2.75, 3.05) is 46.1 Å². The minimum Gasteiger partial charge on any atom is -0.493 e. The van der Waals surface area contributed by atoms with E-state index in [2.05, 4.69) is 24.8 Å². The molecule has 2 fully saturated rings. The van der Waals surface area contributed by atoms with Crippen molar-refractivity contribution in [2.24, 2.45) is 11.8 Å². The number of hydrogen-bond donors (Lipinski definition) is 1. The lowest BCUT2D eigenvalue weighted by atomic mass is 9.90. The quantitative estimate of drug-likeness (QED) is 0.327. The molecular formula is C28H38ClNO5S. The third-order valence-corrected chi connectivity index (χ3v) is 8.81. The third kappa shape index (κ3) is 7.68. The molecule has 4 atom stereocenters. The zero-order valence-corrected chi connectivity index (χ0v) is 22.9. The summed E-state index contributed by atoms with van der Waals surface area (Å²) in [5, 5.41) is 10.6. The van der Waals surface area contributed by atoms with Crippen molar-refractivity contribution in [3.05, 3.63) is 51.2 Å². The van der Waals surface area contributed by atoms with Gasteiger partial charge in [0.1, 0.15) is 17.2 Å². The number of alkyl halides is 1. The van der Waals surface area contributed by atoms with Crippen LogP contribution in [0.2, 0.25) is 0 Å². The Labute approximate surface area is 223 Å². The van der Waals surface area contributed by atoms with E-state index < -0.39 is 6.10 Å². The zero-order chi connectivity index (χ0) is 25.5. The molecule has 1 aromatic carbocycles. The van der Waals surface area contributed by atoms with Crippen LogP contribution in [-0.4, -0.2) is 73.5 Å². The summed E-state index contributed by atoms with van der Waals surface area (Å²) in [5.74, 6) is 0.827. The fourth-order valence-electron chi connectivity index (χ4n) is 5.27. The summed E-state index contributed by atoms with van der Waals surface area (Å²) in [6.07, 6.45) is 2.92. The van der Waals surface area contributed by atoms with Crippen molar-refractivity contribution in [1.29, 1.82) is 0 Å². The van der Waals surface area contributed by atoms with Crippen LogP contribution in [-0.2, 0) is 15.9 Å². The van der Waals surface area contributed by atoms with Gasteiger partial charge in [0.2, 0.25) is 0 Å². The standard InChI is InChI=1S/C28H38ClNO5S/c1-19-14-20(2)16-21(15-19)35-18-24-23(25(29)17-26(24)31)5-3-4-22-6-7-27(36-22)28(32)34-13-10-30-8-11-33-12-9-30/h6-7,14-16,23-26,31H,3-5,8-13,17-18H2,1-2H3/t23-,24-,25-,26-/m1/s1. The molecule has 2 heterocycles. The van der Waals surface area contributed by atoms with Crippen LogP contribution in [0.15, 0.2) is 30.3 Å². The Morgan fingerprint density at radius 3 is 2.67 bits per heavy atom. The first-order valence-electron chi connectivity index (χ1n) is 13.0. The molecule has 0 bridgehead atoms. The van der Waals surface area contributed by atoms with Gasteiger partial charge in [0.25, 0.3) is 0 Å². The second-order valence-corrected chi connectivity index (χ2v) is 11.8. The van der Waals surface area contributed by atoms with E-state index in [9.17, 15) is 9.90 Å². The van der Waals surface area contributed by atoms with E-state index in [1.54, 1.807) is 0 Å². The normalized spacial score (nSPS) is 24.7. The highest BCUT2D eigenvalue weighted by Crippen LogP contribution is 2.40. The molecule has 1 saturated carbocycles. The highest BCUT2D eigenvalue weighted by molar-refractivity contribution is 7.13. The second-order valence-electron chi connectivity index (χ2n) is 10.0. The van der Waals surface area contributed by atoms with Crippen molar-refractivity contribution in [1.82, 2.24) is 4.90 Å². The maximum absolute atomic E-state index is 12.4. The van der Waals surface area contributed by atoms with Crippen molar-refractivity contribution < 1.29 is 24.1 Å². The summed E-state index contributed by atoms with van der Waals surface area (Å²) in [7, 11) is 0. The number of rotatable bonds is 11. The molecule has 2 aromatic rings. The second kappa shape index (κ2) is 13.2. The van der Waals surface area contributed by atoms with Gasteiger partial charge >= 0.3 is 5.97 Å². The van der Waals surface area contributed by atoms with Crippen molar-refractivity contribution in [3.63, 3.8) is 0 Å². The first-order chi connectivity index (χ1) is 17.4. The van der Waals surface area contributed by atoms with Gasteiger partial charge in [-0.2, -0.15) is 0 Å². The first-order valence-corrected chi connectivity index (χ1v) is 14.2. The molecule has 1 N–H and O–H groups in total. The molecule has 6 nitrogen and oxygen atoms in total. The summed E-state index contributed by atoms with van der Waals surface area (Å²) >= 11 is 8.15. The lowest BCUT2D eigenvalue weighted by Gasteiger charge is -2.26. The molecule has 36 heavy (non-hydrogen) atoms. The molecule has 1 aromatic heterocycles. The Kier molecular flexibility index (Phi) is 10.1. The lowest BCUT2D eigenvalue weighted by molar-refractivity contribution is 0.0197. The Balaban J connectivity index is 1.21. The lowest BCUT2D eigenvalue weighted by Crippen LogP contribution is -2.38. The van der Waals surface area contributed by atoms with Gasteiger partial charge in [-0.1, -0.05) is 6.07 Å². The van der Waals surface area contributed by atoms with Crippen LogP contribution >= 0.6 is 22.9 Å². The number of nitrogens with zero attached hydrogens (tertiary/aromatic N) is 1. The molecule has 1 saturated heterocycles. The zero-order valence-electron chi connectivity index (χ0n) is 21.3. The summed E-state index contributed by atoms with van der Waals surface area (Å²) in [6.45, 7) is 9.00. The van der Waals surface area contributed by atoms with Crippen LogP contribution in [0.4, 0.5) is 0 Å². The number of esters is 1. The molecule has 0 amide bonds.